The summed E-state index contributed by atoms with van der Waals surface area (Å²) in [5.41, 5.74) is 0.640. The average molecular weight is 267 g/mol. The molecule has 1 aromatic heterocycles. The van der Waals surface area contributed by atoms with Crippen molar-refractivity contribution in [2.45, 2.75) is 20.8 Å². The maximum Gasteiger partial charge on any atom is 0.307 e. The van der Waals surface area contributed by atoms with Gasteiger partial charge < -0.3 is 9.84 Å². The Bertz CT molecular complexity index is 490. The Kier molecular flexibility index (Phi) is 4.80. The molecule has 0 saturated heterocycles. The monoisotopic (exact) mass is 267 g/mol. The average Bonchev–Trinajstić information content (AvgIpc) is 2.35. The minimum Gasteiger partial charge on any atom is -0.481 e. The standard InChI is InChI=1S/C12H17N3O4/c1-6-5-9(19-4)14-12(13-6)15-10(16)7(2)8(3)11(17)18/h5,7-8H,1-4H3,(H,17,18)(H,13,14,15,16). The molecule has 0 fully saturated rings. The molecule has 1 heterocycles. The van der Waals surface area contributed by atoms with Gasteiger partial charge in [-0.2, -0.15) is 4.98 Å². The van der Waals surface area contributed by atoms with Crippen LogP contribution in [0, 0.1) is 18.8 Å². The first kappa shape index (κ1) is 14.9. The third kappa shape index (κ3) is 3.90. The van der Waals surface area contributed by atoms with Crippen LogP contribution in [0.2, 0.25) is 0 Å². The molecule has 19 heavy (non-hydrogen) atoms. The Hall–Kier alpha value is -2.18. The highest BCUT2D eigenvalue weighted by Crippen LogP contribution is 2.15. The fraction of sp³-hybridized carbons (Fsp3) is 0.500. The molecule has 0 aromatic carbocycles. The molecule has 0 bridgehead atoms. The van der Waals surface area contributed by atoms with Crippen LogP contribution in [0.4, 0.5) is 5.95 Å². The number of amides is 1. The van der Waals surface area contributed by atoms with E-state index in [0.29, 0.717) is 11.6 Å². The zero-order chi connectivity index (χ0) is 14.6. The molecule has 0 radical (unpaired) electrons. The van der Waals surface area contributed by atoms with Crippen molar-refractivity contribution in [3.05, 3.63) is 11.8 Å². The van der Waals surface area contributed by atoms with Crippen molar-refractivity contribution in [1.29, 1.82) is 0 Å². The molecule has 2 atom stereocenters. The van der Waals surface area contributed by atoms with Crippen molar-refractivity contribution in [3.63, 3.8) is 0 Å². The number of hydrogen-bond acceptors (Lipinski definition) is 5. The third-order valence-corrected chi connectivity index (χ3v) is 2.83. The molecule has 7 nitrogen and oxygen atoms in total. The molecular formula is C12H17N3O4. The normalized spacial score (nSPS) is 13.5. The number of aryl methyl sites for hydroxylation is 1. The summed E-state index contributed by atoms with van der Waals surface area (Å²) in [5.74, 6) is -2.50. The first-order chi connectivity index (χ1) is 8.85. The van der Waals surface area contributed by atoms with Gasteiger partial charge in [-0.25, -0.2) is 4.98 Å². The molecule has 2 N–H and O–H groups in total. The van der Waals surface area contributed by atoms with Gasteiger partial charge in [-0.15, -0.1) is 0 Å². The quantitative estimate of drug-likeness (QED) is 0.828. The molecule has 1 rings (SSSR count). The minimum atomic E-state index is -1.02. The fourth-order valence-corrected chi connectivity index (χ4v) is 1.37. The van der Waals surface area contributed by atoms with E-state index < -0.39 is 23.7 Å². The number of nitrogens with one attached hydrogen (secondary N) is 1. The third-order valence-electron chi connectivity index (χ3n) is 2.83. The van der Waals surface area contributed by atoms with Crippen molar-refractivity contribution in [3.8, 4) is 5.88 Å². The van der Waals surface area contributed by atoms with E-state index in [4.69, 9.17) is 9.84 Å². The van der Waals surface area contributed by atoms with E-state index >= 15 is 0 Å². The van der Waals surface area contributed by atoms with E-state index in [2.05, 4.69) is 15.3 Å². The fourth-order valence-electron chi connectivity index (χ4n) is 1.37. The number of nitrogens with zero attached hydrogens (tertiary/aromatic N) is 2. The second kappa shape index (κ2) is 6.12. The lowest BCUT2D eigenvalue weighted by atomic mass is 9.95. The van der Waals surface area contributed by atoms with E-state index in [-0.39, 0.29) is 5.95 Å². The summed E-state index contributed by atoms with van der Waals surface area (Å²) in [6, 6.07) is 1.62. The van der Waals surface area contributed by atoms with Crippen LogP contribution < -0.4 is 10.1 Å². The topological polar surface area (TPSA) is 101 Å². The Morgan fingerprint density at radius 2 is 1.95 bits per heavy atom. The van der Waals surface area contributed by atoms with E-state index in [1.165, 1.54) is 14.0 Å². The van der Waals surface area contributed by atoms with E-state index in [1.54, 1.807) is 19.9 Å². The predicted octanol–water partition coefficient (Wildman–Crippen LogP) is 1.09. The Morgan fingerprint density at radius 1 is 1.32 bits per heavy atom. The second-order valence-electron chi connectivity index (χ2n) is 4.28. The lowest BCUT2D eigenvalue weighted by molar-refractivity contribution is -0.145. The molecule has 104 valence electrons. The van der Waals surface area contributed by atoms with Gasteiger partial charge in [-0.1, -0.05) is 13.8 Å². The van der Waals surface area contributed by atoms with Gasteiger partial charge in [-0.05, 0) is 6.92 Å². The lowest BCUT2D eigenvalue weighted by Crippen LogP contribution is -2.30. The Morgan fingerprint density at radius 3 is 2.47 bits per heavy atom. The molecular weight excluding hydrogens is 250 g/mol. The maximum absolute atomic E-state index is 11.9. The number of carboxylic acid groups (broad SMARTS) is 1. The summed E-state index contributed by atoms with van der Waals surface area (Å²) >= 11 is 0. The molecule has 0 aliphatic heterocycles. The van der Waals surface area contributed by atoms with Crippen LogP contribution in [0.1, 0.15) is 19.5 Å². The SMILES string of the molecule is COc1cc(C)nc(NC(=O)C(C)C(C)C(=O)O)n1. The zero-order valence-corrected chi connectivity index (χ0v) is 11.3. The predicted molar refractivity (Wildman–Crippen MR) is 67.9 cm³/mol. The number of methoxy groups -OCH3 is 1. The number of anilines is 1. The summed E-state index contributed by atoms with van der Waals surface area (Å²) in [7, 11) is 1.46. The first-order valence-electron chi connectivity index (χ1n) is 5.78. The number of carbonyl (C=O) groups excluding carboxylic acids is 1. The van der Waals surface area contributed by atoms with E-state index in [1.807, 2.05) is 0 Å². The molecule has 1 aromatic rings. The van der Waals surface area contributed by atoms with Gasteiger partial charge in [0.15, 0.2) is 0 Å². The summed E-state index contributed by atoms with van der Waals surface area (Å²) in [6.45, 7) is 4.76. The second-order valence-corrected chi connectivity index (χ2v) is 4.28. The van der Waals surface area contributed by atoms with Gasteiger partial charge in [0.25, 0.3) is 0 Å². The molecule has 0 aliphatic carbocycles. The van der Waals surface area contributed by atoms with Gasteiger partial charge in [0.1, 0.15) is 0 Å². The number of rotatable bonds is 5. The van der Waals surface area contributed by atoms with E-state index in [9.17, 15) is 9.59 Å². The first-order valence-corrected chi connectivity index (χ1v) is 5.78. The summed E-state index contributed by atoms with van der Waals surface area (Å²) in [6.07, 6.45) is 0. The maximum atomic E-state index is 11.9. The smallest absolute Gasteiger partial charge is 0.307 e. The van der Waals surface area contributed by atoms with Crippen LogP contribution in [-0.4, -0.2) is 34.1 Å². The van der Waals surface area contributed by atoms with Crippen molar-refractivity contribution in [2.75, 3.05) is 12.4 Å². The highest BCUT2D eigenvalue weighted by molar-refractivity contribution is 5.93. The van der Waals surface area contributed by atoms with Crippen LogP contribution in [0.25, 0.3) is 0 Å². The van der Waals surface area contributed by atoms with Gasteiger partial charge >= 0.3 is 5.97 Å². The number of carbonyl (C=O) groups is 2. The largest absolute Gasteiger partial charge is 0.481 e. The van der Waals surface area contributed by atoms with Gasteiger partial charge in [-0.3, -0.25) is 14.9 Å². The number of ether oxygens (including phenoxy) is 1. The minimum absolute atomic E-state index is 0.103. The number of hydrogen-bond donors (Lipinski definition) is 2. The van der Waals surface area contributed by atoms with Crippen molar-refractivity contribution >= 4 is 17.8 Å². The van der Waals surface area contributed by atoms with Crippen LogP contribution >= 0.6 is 0 Å². The molecule has 1 amide bonds. The van der Waals surface area contributed by atoms with Crippen LogP contribution in [0.15, 0.2) is 6.07 Å². The van der Waals surface area contributed by atoms with Crippen LogP contribution in [0.3, 0.4) is 0 Å². The molecule has 7 heteroatoms. The van der Waals surface area contributed by atoms with Crippen molar-refractivity contribution in [2.24, 2.45) is 11.8 Å². The van der Waals surface area contributed by atoms with Crippen LogP contribution in [0.5, 0.6) is 5.88 Å². The van der Waals surface area contributed by atoms with Crippen LogP contribution in [-0.2, 0) is 9.59 Å². The van der Waals surface area contributed by atoms with Gasteiger partial charge in [0.05, 0.1) is 13.0 Å². The molecule has 2 unspecified atom stereocenters. The number of aliphatic carboxylic acids is 1. The lowest BCUT2D eigenvalue weighted by Gasteiger charge is -2.15. The number of carboxylic acids is 1. The molecule has 0 aliphatic rings. The van der Waals surface area contributed by atoms with Crippen molar-refractivity contribution < 1.29 is 19.4 Å². The Labute approximate surface area is 111 Å². The van der Waals surface area contributed by atoms with Gasteiger partial charge in [0.2, 0.25) is 17.7 Å². The van der Waals surface area contributed by atoms with E-state index in [0.717, 1.165) is 0 Å². The molecule has 0 spiro atoms. The molecule has 0 saturated carbocycles. The highest BCUT2D eigenvalue weighted by Gasteiger charge is 2.26. The van der Waals surface area contributed by atoms with Crippen molar-refractivity contribution in [1.82, 2.24) is 9.97 Å². The highest BCUT2D eigenvalue weighted by atomic mass is 16.5. The summed E-state index contributed by atoms with van der Waals surface area (Å²) in [4.78, 5) is 30.7. The summed E-state index contributed by atoms with van der Waals surface area (Å²) in [5, 5.41) is 11.4. The zero-order valence-electron chi connectivity index (χ0n) is 11.3. The Balaban J connectivity index is 2.82. The van der Waals surface area contributed by atoms with Gasteiger partial charge in [0, 0.05) is 17.7 Å². The number of aromatic nitrogens is 2. The summed E-state index contributed by atoms with van der Waals surface area (Å²) < 4.78 is 4.97.